The number of halogens is 1. The summed E-state index contributed by atoms with van der Waals surface area (Å²) in [5.41, 5.74) is 0.432. The van der Waals surface area contributed by atoms with Crippen molar-refractivity contribution in [1.29, 1.82) is 0 Å². The van der Waals surface area contributed by atoms with Gasteiger partial charge in [-0.05, 0) is 61.3 Å². The smallest absolute Gasteiger partial charge is 0.407 e. The van der Waals surface area contributed by atoms with Crippen LogP contribution in [0.3, 0.4) is 0 Å². The number of aromatic nitrogens is 1. The zero-order valence-electron chi connectivity index (χ0n) is 11.4. The maximum Gasteiger partial charge on any atom is 0.407 e. The second kappa shape index (κ2) is 7.28. The van der Waals surface area contributed by atoms with Crippen molar-refractivity contribution in [3.8, 4) is 0 Å². The molecule has 0 fully saturated rings. The number of ether oxygens (including phenoxy) is 1. The van der Waals surface area contributed by atoms with Gasteiger partial charge in [0.2, 0.25) is 0 Å². The fraction of sp³-hybridized carbons (Fsp3) is 0.429. The Bertz CT molecular complexity index is 436. The first kappa shape index (κ1) is 15.7. The van der Waals surface area contributed by atoms with Crippen molar-refractivity contribution in [2.45, 2.75) is 32.8 Å². The molecular formula is C14H19BrN2O2. The third kappa shape index (κ3) is 7.62. The Hall–Kier alpha value is -1.36. The first-order valence-electron chi connectivity index (χ1n) is 6.12. The predicted octanol–water partition coefficient (Wildman–Crippen LogP) is 3.77. The largest absolute Gasteiger partial charge is 0.444 e. The lowest BCUT2D eigenvalue weighted by atomic mass is 10.2. The van der Waals surface area contributed by atoms with Gasteiger partial charge in [0.25, 0.3) is 0 Å². The fourth-order valence-corrected chi connectivity index (χ4v) is 1.50. The lowest BCUT2D eigenvalue weighted by Crippen LogP contribution is -2.32. The summed E-state index contributed by atoms with van der Waals surface area (Å²) in [6.45, 7) is 6.06. The summed E-state index contributed by atoms with van der Waals surface area (Å²) in [4.78, 5) is 15.6. The van der Waals surface area contributed by atoms with Crippen LogP contribution in [-0.2, 0) is 4.74 Å². The standard InChI is InChI=1S/C14H19BrN2O2/c1-14(2,3)19-13(18)16-9-5-4-6-12-8-7-11(15)10-17-12/h4,6-8,10H,5,9H2,1-3H3,(H,16,18). The van der Waals surface area contributed by atoms with Crippen LogP contribution in [0.15, 0.2) is 28.9 Å². The second-order valence-electron chi connectivity index (χ2n) is 5.02. The van der Waals surface area contributed by atoms with Crippen LogP contribution >= 0.6 is 15.9 Å². The van der Waals surface area contributed by atoms with E-state index in [0.717, 1.165) is 16.6 Å². The van der Waals surface area contributed by atoms with Crippen molar-refractivity contribution in [2.24, 2.45) is 0 Å². The molecule has 1 heterocycles. The van der Waals surface area contributed by atoms with Crippen LogP contribution in [0.2, 0.25) is 0 Å². The van der Waals surface area contributed by atoms with E-state index in [1.54, 1.807) is 6.20 Å². The normalized spacial score (nSPS) is 11.6. The minimum Gasteiger partial charge on any atom is -0.444 e. The highest BCUT2D eigenvalue weighted by Gasteiger charge is 2.14. The Morgan fingerprint density at radius 3 is 2.79 bits per heavy atom. The van der Waals surface area contributed by atoms with Gasteiger partial charge in [-0.1, -0.05) is 6.08 Å². The number of hydrogen-bond donors (Lipinski definition) is 1. The molecule has 0 radical (unpaired) electrons. The zero-order chi connectivity index (χ0) is 14.3. The van der Waals surface area contributed by atoms with Crippen LogP contribution < -0.4 is 5.32 Å². The number of rotatable bonds is 4. The summed E-state index contributed by atoms with van der Waals surface area (Å²) < 4.78 is 6.08. The Morgan fingerprint density at radius 1 is 1.47 bits per heavy atom. The summed E-state index contributed by atoms with van der Waals surface area (Å²) in [5, 5.41) is 2.69. The van der Waals surface area contributed by atoms with E-state index in [9.17, 15) is 4.79 Å². The number of pyridine rings is 1. The van der Waals surface area contributed by atoms with E-state index in [4.69, 9.17) is 4.74 Å². The van der Waals surface area contributed by atoms with Crippen molar-refractivity contribution in [1.82, 2.24) is 10.3 Å². The molecule has 0 aliphatic rings. The molecular weight excluding hydrogens is 308 g/mol. The van der Waals surface area contributed by atoms with Crippen molar-refractivity contribution in [3.63, 3.8) is 0 Å². The van der Waals surface area contributed by atoms with E-state index in [2.05, 4.69) is 26.2 Å². The zero-order valence-corrected chi connectivity index (χ0v) is 13.0. The van der Waals surface area contributed by atoms with Crippen LogP contribution in [0.25, 0.3) is 6.08 Å². The number of nitrogens with one attached hydrogen (secondary N) is 1. The van der Waals surface area contributed by atoms with Gasteiger partial charge < -0.3 is 10.1 Å². The van der Waals surface area contributed by atoms with Gasteiger partial charge in [0.15, 0.2) is 0 Å². The summed E-state index contributed by atoms with van der Waals surface area (Å²) in [6.07, 6.45) is 5.98. The molecule has 0 saturated carbocycles. The van der Waals surface area contributed by atoms with Crippen LogP contribution in [-0.4, -0.2) is 23.2 Å². The predicted molar refractivity (Wildman–Crippen MR) is 79.8 cm³/mol. The number of alkyl carbamates (subject to hydrolysis) is 1. The molecule has 5 heteroatoms. The maximum atomic E-state index is 11.4. The van der Waals surface area contributed by atoms with Gasteiger partial charge in [0.05, 0.1) is 5.69 Å². The van der Waals surface area contributed by atoms with Gasteiger partial charge in [-0.15, -0.1) is 0 Å². The Morgan fingerprint density at radius 2 is 2.21 bits per heavy atom. The van der Waals surface area contributed by atoms with E-state index in [1.165, 1.54) is 0 Å². The number of hydrogen-bond acceptors (Lipinski definition) is 3. The molecule has 0 bridgehead atoms. The molecule has 0 aromatic carbocycles. The summed E-state index contributed by atoms with van der Waals surface area (Å²) in [6, 6.07) is 3.85. The molecule has 1 N–H and O–H groups in total. The van der Waals surface area contributed by atoms with Crippen LogP contribution in [0.5, 0.6) is 0 Å². The average Bonchev–Trinajstić information content (AvgIpc) is 2.29. The Kier molecular flexibility index (Phi) is 6.02. The summed E-state index contributed by atoms with van der Waals surface area (Å²) in [7, 11) is 0. The van der Waals surface area contributed by atoms with E-state index in [-0.39, 0.29) is 6.09 Å². The number of amides is 1. The highest BCUT2D eigenvalue weighted by molar-refractivity contribution is 9.10. The SMILES string of the molecule is CC(C)(C)OC(=O)NCCC=Cc1ccc(Br)cn1. The maximum absolute atomic E-state index is 11.4. The first-order chi connectivity index (χ1) is 8.87. The molecule has 1 rings (SSSR count). The summed E-state index contributed by atoms with van der Waals surface area (Å²) in [5.74, 6) is 0. The molecule has 0 unspecified atom stereocenters. The molecule has 0 atom stereocenters. The van der Waals surface area contributed by atoms with Gasteiger partial charge in [-0.25, -0.2) is 4.79 Å². The van der Waals surface area contributed by atoms with E-state index >= 15 is 0 Å². The molecule has 104 valence electrons. The van der Waals surface area contributed by atoms with E-state index < -0.39 is 5.60 Å². The monoisotopic (exact) mass is 326 g/mol. The number of nitrogens with zero attached hydrogens (tertiary/aromatic N) is 1. The van der Waals surface area contributed by atoms with Crippen LogP contribution in [0, 0.1) is 0 Å². The van der Waals surface area contributed by atoms with E-state index in [1.807, 2.05) is 45.1 Å². The molecule has 1 aromatic heterocycles. The van der Waals surface area contributed by atoms with Gasteiger partial charge in [-0.3, -0.25) is 4.98 Å². The Labute approximate surface area is 122 Å². The molecule has 0 saturated heterocycles. The lowest BCUT2D eigenvalue weighted by molar-refractivity contribution is 0.0529. The van der Waals surface area contributed by atoms with Crippen LogP contribution in [0.1, 0.15) is 32.9 Å². The van der Waals surface area contributed by atoms with Crippen molar-refractivity contribution in [2.75, 3.05) is 6.54 Å². The minimum atomic E-state index is -0.457. The highest BCUT2D eigenvalue weighted by atomic mass is 79.9. The molecule has 0 aliphatic carbocycles. The molecule has 0 aliphatic heterocycles. The first-order valence-corrected chi connectivity index (χ1v) is 6.91. The molecule has 4 nitrogen and oxygen atoms in total. The third-order valence-electron chi connectivity index (χ3n) is 2.02. The minimum absolute atomic E-state index is 0.386. The van der Waals surface area contributed by atoms with Crippen molar-refractivity contribution in [3.05, 3.63) is 34.6 Å². The third-order valence-corrected chi connectivity index (χ3v) is 2.49. The highest BCUT2D eigenvalue weighted by Crippen LogP contribution is 2.08. The molecule has 1 amide bonds. The molecule has 1 aromatic rings. The molecule has 0 spiro atoms. The van der Waals surface area contributed by atoms with Gasteiger partial charge in [0, 0.05) is 17.2 Å². The Balaban J connectivity index is 2.24. The average molecular weight is 327 g/mol. The van der Waals surface area contributed by atoms with Gasteiger partial charge in [-0.2, -0.15) is 0 Å². The van der Waals surface area contributed by atoms with Crippen molar-refractivity contribution >= 4 is 28.1 Å². The quantitative estimate of drug-likeness (QED) is 0.857. The van der Waals surface area contributed by atoms with Gasteiger partial charge in [0.1, 0.15) is 5.60 Å². The van der Waals surface area contributed by atoms with Crippen LogP contribution in [0.4, 0.5) is 4.79 Å². The van der Waals surface area contributed by atoms with Crippen molar-refractivity contribution < 1.29 is 9.53 Å². The number of carbonyl (C=O) groups excluding carboxylic acids is 1. The number of carbonyl (C=O) groups is 1. The molecule has 19 heavy (non-hydrogen) atoms. The van der Waals surface area contributed by atoms with E-state index in [0.29, 0.717) is 6.54 Å². The van der Waals surface area contributed by atoms with Gasteiger partial charge >= 0.3 is 6.09 Å². The summed E-state index contributed by atoms with van der Waals surface area (Å²) >= 11 is 3.33. The lowest BCUT2D eigenvalue weighted by Gasteiger charge is -2.19. The second-order valence-corrected chi connectivity index (χ2v) is 5.94. The topological polar surface area (TPSA) is 51.2 Å². The fourth-order valence-electron chi connectivity index (χ4n) is 1.26.